The third kappa shape index (κ3) is 4.93. The van der Waals surface area contributed by atoms with Gasteiger partial charge in [0.1, 0.15) is 22.5 Å². The molecule has 250 valence electrons. The van der Waals surface area contributed by atoms with Gasteiger partial charge in [0, 0.05) is 39.4 Å². The van der Waals surface area contributed by atoms with Crippen molar-refractivity contribution in [2.45, 2.75) is 0 Å². The van der Waals surface area contributed by atoms with Crippen molar-refractivity contribution < 1.29 is 20.5 Å². The third-order valence-electron chi connectivity index (χ3n) is 9.44. The Morgan fingerprint density at radius 2 is 0.846 bits per heavy atom. The molecule has 7 aromatic rings. The Morgan fingerprint density at radius 3 is 1.35 bits per heavy atom. The van der Waals surface area contributed by atoms with Gasteiger partial charge < -0.3 is 25.5 Å². The number of aromatic nitrogens is 4. The van der Waals surface area contributed by atoms with E-state index in [0.29, 0.717) is 33.8 Å². The van der Waals surface area contributed by atoms with Gasteiger partial charge in [-0.25, -0.2) is 9.97 Å². The molecule has 8 nitrogen and oxygen atoms in total. The highest BCUT2D eigenvalue weighted by molar-refractivity contribution is 6.04. The number of aromatic amines is 1. The first kappa shape index (κ1) is 30.7. The maximum absolute atomic E-state index is 12.2. The fraction of sp³-hybridized carbons (Fsp3) is 0. The molecular formula is C44H30N4O4. The van der Waals surface area contributed by atoms with Crippen LogP contribution in [0.3, 0.4) is 0 Å². The number of aliphatic hydroxyl groups excluding tert-OH is 1. The summed E-state index contributed by atoms with van der Waals surface area (Å²) in [5.41, 5.74) is 8.11. The molecule has 0 aliphatic carbocycles. The van der Waals surface area contributed by atoms with Crippen molar-refractivity contribution in [3.05, 3.63) is 156 Å². The summed E-state index contributed by atoms with van der Waals surface area (Å²) < 4.78 is 0.767. The first-order valence-electron chi connectivity index (χ1n) is 16.8. The fourth-order valence-electron chi connectivity index (χ4n) is 7.13. The van der Waals surface area contributed by atoms with Crippen LogP contribution in [0.25, 0.3) is 90.6 Å². The molecule has 8 bridgehead atoms. The zero-order valence-electron chi connectivity index (χ0n) is 27.6. The summed E-state index contributed by atoms with van der Waals surface area (Å²) in [5, 5.41) is 47.4. The second-order valence-corrected chi connectivity index (χ2v) is 12.5. The Hall–Kier alpha value is -7.32. The monoisotopic (exact) mass is 678 g/mol. The van der Waals surface area contributed by atoms with Crippen LogP contribution in [-0.2, 0) is 0 Å². The second-order valence-electron chi connectivity index (χ2n) is 12.5. The molecule has 0 amide bonds. The van der Waals surface area contributed by atoms with Crippen LogP contribution < -0.4 is 0 Å². The Labute approximate surface area is 297 Å². The van der Waals surface area contributed by atoms with Gasteiger partial charge in [-0.15, -0.1) is 0 Å². The molecule has 0 unspecified atom stereocenters. The number of nitrogens with zero attached hydrogens (tertiary/aromatic N) is 3. The maximum atomic E-state index is 12.2. The SMILES string of the molecule is OC1=Cc2nc1c(-c1ccccc1)c1c(O)c(O)c(c(-c3ccccc3)c3nc(c(-c4ccccc4)c4ccc([nH]4)c2-c2ccccc2)C=C3)n1O. The van der Waals surface area contributed by atoms with Gasteiger partial charge in [-0.2, -0.15) is 4.73 Å². The predicted octanol–water partition coefficient (Wildman–Crippen LogP) is 10.3. The smallest absolute Gasteiger partial charge is 0.188 e. The van der Waals surface area contributed by atoms with E-state index in [0.717, 1.165) is 38.0 Å². The lowest BCUT2D eigenvalue weighted by molar-refractivity contribution is 0.211. The van der Waals surface area contributed by atoms with Gasteiger partial charge in [-0.05, 0) is 46.5 Å². The van der Waals surface area contributed by atoms with Crippen molar-refractivity contribution in [2.75, 3.05) is 0 Å². The van der Waals surface area contributed by atoms with Crippen LogP contribution in [-0.4, -0.2) is 40.2 Å². The van der Waals surface area contributed by atoms with Crippen molar-refractivity contribution in [1.82, 2.24) is 19.7 Å². The maximum Gasteiger partial charge on any atom is 0.188 e. The van der Waals surface area contributed by atoms with Crippen molar-refractivity contribution in [2.24, 2.45) is 0 Å². The molecule has 9 rings (SSSR count). The molecule has 8 heteroatoms. The summed E-state index contributed by atoms with van der Waals surface area (Å²) in [7, 11) is 0. The van der Waals surface area contributed by atoms with Crippen LogP contribution in [0.1, 0.15) is 22.8 Å². The van der Waals surface area contributed by atoms with Gasteiger partial charge in [-0.3, -0.25) is 0 Å². The number of fused-ring (bicyclic) bond motifs is 8. The average Bonchev–Trinajstić information content (AvgIpc) is 3.98. The summed E-state index contributed by atoms with van der Waals surface area (Å²) in [6.45, 7) is 0. The van der Waals surface area contributed by atoms with Crippen LogP contribution in [0.5, 0.6) is 11.5 Å². The topological polar surface area (TPSA) is 127 Å². The number of benzene rings is 4. The Balaban J connectivity index is 1.57. The molecule has 3 aromatic heterocycles. The first-order valence-corrected chi connectivity index (χ1v) is 16.8. The van der Waals surface area contributed by atoms with Crippen molar-refractivity contribution >= 4 is 46.1 Å². The van der Waals surface area contributed by atoms with Crippen LogP contribution in [0.15, 0.2) is 133 Å². The van der Waals surface area contributed by atoms with Gasteiger partial charge >= 0.3 is 0 Å². The van der Waals surface area contributed by atoms with E-state index in [1.165, 1.54) is 0 Å². The van der Waals surface area contributed by atoms with E-state index in [4.69, 9.17) is 9.97 Å². The number of H-pyrrole nitrogens is 1. The summed E-state index contributed by atoms with van der Waals surface area (Å²) in [6, 6.07) is 42.0. The van der Waals surface area contributed by atoms with Crippen molar-refractivity contribution in [3.63, 3.8) is 0 Å². The van der Waals surface area contributed by atoms with Gasteiger partial charge in [0.05, 0.1) is 17.1 Å². The van der Waals surface area contributed by atoms with E-state index in [1.807, 2.05) is 133 Å². The van der Waals surface area contributed by atoms with Crippen LogP contribution in [0.4, 0.5) is 0 Å². The van der Waals surface area contributed by atoms with E-state index in [-0.39, 0.29) is 28.0 Å². The molecule has 0 saturated heterocycles. The zero-order chi connectivity index (χ0) is 35.3. The Bertz CT molecular complexity index is 2750. The highest BCUT2D eigenvalue weighted by Gasteiger charge is 2.28. The number of rotatable bonds is 4. The Kier molecular flexibility index (Phi) is 7.22. The van der Waals surface area contributed by atoms with E-state index in [2.05, 4.69) is 4.98 Å². The molecule has 0 spiro atoms. The number of aromatic hydroxyl groups is 2. The minimum absolute atomic E-state index is 0.0740. The van der Waals surface area contributed by atoms with E-state index >= 15 is 0 Å². The molecule has 0 atom stereocenters. The molecule has 2 aliphatic rings. The summed E-state index contributed by atoms with van der Waals surface area (Å²) >= 11 is 0. The summed E-state index contributed by atoms with van der Waals surface area (Å²) in [6.07, 6.45) is 5.33. The van der Waals surface area contributed by atoms with Crippen molar-refractivity contribution in [1.29, 1.82) is 0 Å². The lowest BCUT2D eigenvalue weighted by Gasteiger charge is -2.09. The van der Waals surface area contributed by atoms with E-state index in [9.17, 15) is 20.5 Å². The molecule has 0 radical (unpaired) electrons. The largest absolute Gasteiger partial charge is 0.506 e. The van der Waals surface area contributed by atoms with Crippen LogP contribution >= 0.6 is 0 Å². The van der Waals surface area contributed by atoms with Gasteiger partial charge in [0.25, 0.3) is 0 Å². The molecule has 2 aliphatic heterocycles. The molecule has 0 saturated carbocycles. The number of aliphatic hydroxyl groups is 1. The zero-order valence-corrected chi connectivity index (χ0v) is 27.6. The normalized spacial score (nSPS) is 12.2. The predicted molar refractivity (Wildman–Crippen MR) is 206 cm³/mol. The van der Waals surface area contributed by atoms with E-state index in [1.54, 1.807) is 18.2 Å². The molecule has 5 N–H and O–H groups in total. The third-order valence-corrected chi connectivity index (χ3v) is 9.44. The first-order chi connectivity index (χ1) is 25.5. The lowest BCUT2D eigenvalue weighted by Crippen LogP contribution is -1.97. The Morgan fingerprint density at radius 1 is 0.442 bits per heavy atom. The number of hydrogen-bond acceptors (Lipinski definition) is 6. The lowest BCUT2D eigenvalue weighted by atomic mass is 10.0. The molecule has 52 heavy (non-hydrogen) atoms. The highest BCUT2D eigenvalue weighted by Crippen LogP contribution is 2.47. The molecule has 5 heterocycles. The van der Waals surface area contributed by atoms with E-state index < -0.39 is 11.5 Å². The minimum Gasteiger partial charge on any atom is -0.506 e. The highest BCUT2D eigenvalue weighted by atomic mass is 16.5. The summed E-state index contributed by atoms with van der Waals surface area (Å²) in [4.78, 5) is 13.8. The minimum atomic E-state index is -0.581. The molecule has 0 fully saturated rings. The fourth-order valence-corrected chi connectivity index (χ4v) is 7.13. The molecular weight excluding hydrogens is 649 g/mol. The van der Waals surface area contributed by atoms with Crippen LogP contribution in [0.2, 0.25) is 0 Å². The molecule has 4 aromatic carbocycles. The van der Waals surface area contributed by atoms with Gasteiger partial charge in [-0.1, -0.05) is 121 Å². The van der Waals surface area contributed by atoms with Gasteiger partial charge in [0.15, 0.2) is 11.5 Å². The quantitative estimate of drug-likeness (QED) is 0.118. The van der Waals surface area contributed by atoms with Crippen molar-refractivity contribution in [3.8, 4) is 56.0 Å². The average molecular weight is 679 g/mol. The second kappa shape index (κ2) is 12.2. The standard InChI is InChI=1S/C44H30N4O4/c49-35-25-34-37(27-15-7-2-8-16-27)32-22-21-30(45-32)36(26-13-5-1-6-14-26)31-23-24-33(46-31)38(28-17-9-3-10-18-28)41-43(50)44(51)42(48(41)52)39(40(35)47-34)29-19-11-4-12-20-29/h1-25,45,49-52H. The van der Waals surface area contributed by atoms with Crippen LogP contribution in [0, 0.1) is 0 Å². The summed E-state index contributed by atoms with van der Waals surface area (Å²) in [5.74, 6) is -1.31. The van der Waals surface area contributed by atoms with Gasteiger partial charge in [0.2, 0.25) is 0 Å². The number of hydrogen-bond donors (Lipinski definition) is 5. The number of nitrogens with one attached hydrogen (secondary N) is 1.